The number of amides is 3. The molecule has 0 aromatic carbocycles. The third-order valence-corrected chi connectivity index (χ3v) is 2.85. The quantitative estimate of drug-likeness (QED) is 0.685. The van der Waals surface area contributed by atoms with Crippen LogP contribution in [0.5, 0.6) is 0 Å². The summed E-state index contributed by atoms with van der Waals surface area (Å²) in [6.45, 7) is 4.86. The molecule has 0 fully saturated rings. The van der Waals surface area contributed by atoms with Crippen LogP contribution in [0.3, 0.4) is 0 Å². The van der Waals surface area contributed by atoms with Crippen LogP contribution >= 0.6 is 0 Å². The molecular weight excluding hydrogens is 276 g/mol. The molecule has 1 atom stereocenters. The van der Waals surface area contributed by atoms with E-state index < -0.39 is 17.9 Å². The van der Waals surface area contributed by atoms with E-state index in [1.165, 1.54) is 13.8 Å². The van der Waals surface area contributed by atoms with Crippen LogP contribution in [0.15, 0.2) is 29.6 Å². The van der Waals surface area contributed by atoms with Crippen LogP contribution in [0.25, 0.3) is 0 Å². The molecule has 1 unspecified atom stereocenters. The summed E-state index contributed by atoms with van der Waals surface area (Å²) in [6.07, 6.45) is 3.38. The molecule has 3 amide bonds. The van der Waals surface area contributed by atoms with Crippen molar-refractivity contribution < 1.29 is 19.5 Å². The van der Waals surface area contributed by atoms with Gasteiger partial charge in [0.05, 0.1) is 6.54 Å². The highest BCUT2D eigenvalue weighted by atomic mass is 16.4. The van der Waals surface area contributed by atoms with Crippen LogP contribution in [0.4, 0.5) is 4.79 Å². The Morgan fingerprint density at radius 2 is 1.95 bits per heavy atom. The van der Waals surface area contributed by atoms with Crippen LogP contribution in [0.1, 0.15) is 20.8 Å². The minimum absolute atomic E-state index is 0.0163. The fourth-order valence-electron chi connectivity index (χ4n) is 1.52. The summed E-state index contributed by atoms with van der Waals surface area (Å²) >= 11 is 0. The summed E-state index contributed by atoms with van der Waals surface area (Å²) in [5.41, 5.74) is -0.123. The topological polar surface area (TPSA) is 113 Å². The van der Waals surface area contributed by atoms with E-state index in [9.17, 15) is 14.4 Å². The van der Waals surface area contributed by atoms with E-state index in [1.54, 1.807) is 30.1 Å². The predicted octanol–water partition coefficient (Wildman–Crippen LogP) is 0.518. The first-order valence-electron chi connectivity index (χ1n) is 6.31. The maximum absolute atomic E-state index is 11.7. The molecule has 0 aliphatic rings. The molecule has 21 heavy (non-hydrogen) atoms. The van der Waals surface area contributed by atoms with Gasteiger partial charge in [0.1, 0.15) is 0 Å². The van der Waals surface area contributed by atoms with Gasteiger partial charge in [-0.1, -0.05) is 0 Å². The first-order chi connectivity index (χ1) is 9.81. The number of nitrogens with one attached hydrogen (secondary N) is 2. The van der Waals surface area contributed by atoms with Crippen LogP contribution < -0.4 is 10.6 Å². The number of urea groups is 1. The van der Waals surface area contributed by atoms with Gasteiger partial charge in [-0.2, -0.15) is 5.10 Å². The molecular formula is C13H18N4O4. The highest BCUT2D eigenvalue weighted by Gasteiger charge is 2.16. The summed E-state index contributed by atoms with van der Waals surface area (Å²) < 4.78 is 1.65. The highest BCUT2D eigenvalue weighted by Crippen LogP contribution is 2.03. The van der Waals surface area contributed by atoms with Gasteiger partial charge in [-0.05, 0) is 26.8 Å². The van der Waals surface area contributed by atoms with Crippen molar-refractivity contribution in [2.75, 3.05) is 0 Å². The normalized spacial score (nSPS) is 13.1. The summed E-state index contributed by atoms with van der Waals surface area (Å²) in [5, 5.41) is 17.4. The molecule has 0 saturated carbocycles. The van der Waals surface area contributed by atoms with E-state index in [-0.39, 0.29) is 17.2 Å². The number of rotatable bonds is 5. The molecule has 0 radical (unpaired) electrons. The summed E-state index contributed by atoms with van der Waals surface area (Å²) in [4.78, 5) is 34.1. The summed E-state index contributed by atoms with van der Waals surface area (Å²) in [5.74, 6) is -1.94. The zero-order valence-corrected chi connectivity index (χ0v) is 12.1. The Morgan fingerprint density at radius 3 is 2.48 bits per heavy atom. The Hall–Kier alpha value is -2.64. The lowest BCUT2D eigenvalue weighted by atomic mass is 10.1. The van der Waals surface area contributed by atoms with Crippen LogP contribution in [-0.2, 0) is 16.1 Å². The van der Waals surface area contributed by atoms with E-state index in [2.05, 4.69) is 15.7 Å². The Kier molecular flexibility index (Phi) is 5.65. The standard InChI is InChI=1S/C13H18N4O4/c1-8(7-17-6-4-5-14-17)15-13(21)16-11(18)9(2)10(3)12(19)20/h4-6,8H,7H2,1-3H3,(H,19,20)(H2,15,16,18,21). The second kappa shape index (κ2) is 7.22. The summed E-state index contributed by atoms with van der Waals surface area (Å²) in [7, 11) is 0. The average Bonchev–Trinajstić information content (AvgIpc) is 2.88. The Balaban J connectivity index is 2.51. The molecule has 0 saturated heterocycles. The van der Waals surface area contributed by atoms with E-state index in [0.29, 0.717) is 6.54 Å². The molecule has 1 heterocycles. The number of hydrogen-bond acceptors (Lipinski definition) is 4. The third kappa shape index (κ3) is 5.09. The monoisotopic (exact) mass is 294 g/mol. The van der Waals surface area contributed by atoms with Crippen molar-refractivity contribution in [1.29, 1.82) is 0 Å². The van der Waals surface area contributed by atoms with Gasteiger partial charge >= 0.3 is 12.0 Å². The number of carboxylic acid groups (broad SMARTS) is 1. The maximum Gasteiger partial charge on any atom is 0.331 e. The Bertz CT molecular complexity index is 563. The van der Waals surface area contributed by atoms with Gasteiger partial charge in [-0.3, -0.25) is 14.8 Å². The molecule has 0 aliphatic carbocycles. The fourth-order valence-corrected chi connectivity index (χ4v) is 1.52. The molecule has 0 aliphatic heterocycles. The molecule has 0 spiro atoms. The van der Waals surface area contributed by atoms with Gasteiger partial charge in [-0.25, -0.2) is 9.59 Å². The van der Waals surface area contributed by atoms with E-state index >= 15 is 0 Å². The second-order valence-corrected chi connectivity index (χ2v) is 4.61. The highest BCUT2D eigenvalue weighted by molar-refractivity contribution is 6.07. The number of aliphatic carboxylic acids is 1. The first kappa shape index (κ1) is 16.4. The zero-order valence-electron chi connectivity index (χ0n) is 12.1. The minimum Gasteiger partial charge on any atom is -0.478 e. The number of imide groups is 1. The van der Waals surface area contributed by atoms with Gasteiger partial charge in [0.25, 0.3) is 5.91 Å². The molecule has 8 nitrogen and oxygen atoms in total. The molecule has 8 heteroatoms. The number of carbonyl (C=O) groups is 3. The van der Waals surface area contributed by atoms with E-state index in [0.717, 1.165) is 0 Å². The first-order valence-corrected chi connectivity index (χ1v) is 6.31. The maximum atomic E-state index is 11.7. The van der Waals surface area contributed by atoms with Crippen molar-refractivity contribution >= 4 is 17.9 Å². The Morgan fingerprint density at radius 1 is 1.29 bits per heavy atom. The van der Waals surface area contributed by atoms with Gasteiger partial charge in [0.15, 0.2) is 0 Å². The molecule has 1 aromatic rings. The molecule has 1 rings (SSSR count). The van der Waals surface area contributed by atoms with Crippen molar-refractivity contribution in [3.63, 3.8) is 0 Å². The van der Waals surface area contributed by atoms with Crippen molar-refractivity contribution in [3.05, 3.63) is 29.6 Å². The molecule has 3 N–H and O–H groups in total. The van der Waals surface area contributed by atoms with E-state index in [4.69, 9.17) is 5.11 Å². The Labute approximate surface area is 121 Å². The SMILES string of the molecule is CC(C(=O)O)=C(C)C(=O)NC(=O)NC(C)Cn1cccn1. The van der Waals surface area contributed by atoms with Crippen molar-refractivity contribution in [2.45, 2.75) is 33.4 Å². The fraction of sp³-hybridized carbons (Fsp3) is 0.385. The molecule has 114 valence electrons. The zero-order chi connectivity index (χ0) is 16.0. The minimum atomic E-state index is -1.20. The van der Waals surface area contributed by atoms with Crippen molar-refractivity contribution in [3.8, 4) is 0 Å². The van der Waals surface area contributed by atoms with Gasteiger partial charge in [0, 0.05) is 29.6 Å². The largest absolute Gasteiger partial charge is 0.478 e. The number of hydrogen-bond donors (Lipinski definition) is 3. The lowest BCUT2D eigenvalue weighted by Crippen LogP contribution is -2.45. The number of carbonyl (C=O) groups excluding carboxylic acids is 2. The number of aromatic nitrogens is 2. The summed E-state index contributed by atoms with van der Waals surface area (Å²) in [6, 6.07) is 0.832. The van der Waals surface area contributed by atoms with Crippen LogP contribution in [0.2, 0.25) is 0 Å². The average molecular weight is 294 g/mol. The van der Waals surface area contributed by atoms with E-state index in [1.807, 2.05) is 0 Å². The molecule has 1 aromatic heterocycles. The third-order valence-electron chi connectivity index (χ3n) is 2.85. The smallest absolute Gasteiger partial charge is 0.331 e. The molecule has 0 bridgehead atoms. The van der Waals surface area contributed by atoms with Gasteiger partial charge in [0.2, 0.25) is 0 Å². The van der Waals surface area contributed by atoms with Gasteiger partial charge in [-0.15, -0.1) is 0 Å². The number of nitrogens with zero attached hydrogens (tertiary/aromatic N) is 2. The van der Waals surface area contributed by atoms with Crippen LogP contribution in [-0.4, -0.2) is 38.8 Å². The van der Waals surface area contributed by atoms with Crippen molar-refractivity contribution in [2.24, 2.45) is 0 Å². The van der Waals surface area contributed by atoms with Crippen molar-refractivity contribution in [1.82, 2.24) is 20.4 Å². The number of carboxylic acids is 1. The van der Waals surface area contributed by atoms with Gasteiger partial charge < -0.3 is 10.4 Å². The lowest BCUT2D eigenvalue weighted by Gasteiger charge is -2.14. The second-order valence-electron chi connectivity index (χ2n) is 4.61. The lowest BCUT2D eigenvalue weighted by molar-refractivity contribution is -0.133. The predicted molar refractivity (Wildman–Crippen MR) is 74.4 cm³/mol. The van der Waals surface area contributed by atoms with Crippen LogP contribution in [0, 0.1) is 0 Å².